The van der Waals surface area contributed by atoms with E-state index in [1.54, 1.807) is 16.8 Å². The largest absolute Gasteiger partial charge is 0.310 e. The predicted molar refractivity (Wildman–Crippen MR) is 140 cm³/mol. The summed E-state index contributed by atoms with van der Waals surface area (Å²) in [6, 6.07) is 21.9. The Morgan fingerprint density at radius 3 is 2.54 bits per heavy atom. The summed E-state index contributed by atoms with van der Waals surface area (Å²) < 4.78 is 2.65. The SMILES string of the molecule is Cc1nn(-c2ccc([N+](=O)[O-])cc2)c2c1C(c1cccc(Br)c1)N1C(=N2)C(Cl)=Nc2ccccc21. The maximum absolute atomic E-state index is 11.1. The molecule has 0 saturated carbocycles. The molecular formula is C25H16BrClN6O2. The molecule has 10 heteroatoms. The van der Waals surface area contributed by atoms with Crippen LogP contribution in [0.1, 0.15) is 22.9 Å². The third-order valence-corrected chi connectivity index (χ3v) is 6.81. The number of para-hydroxylation sites is 2. The summed E-state index contributed by atoms with van der Waals surface area (Å²) >= 11 is 10.3. The molecule has 0 saturated heterocycles. The maximum Gasteiger partial charge on any atom is 0.269 e. The highest BCUT2D eigenvalue weighted by Crippen LogP contribution is 2.48. The number of fused-ring (bicyclic) bond motifs is 4. The molecule has 8 nitrogen and oxygen atoms in total. The number of hydrogen-bond acceptors (Lipinski definition) is 6. The van der Waals surface area contributed by atoms with Crippen LogP contribution in [0.25, 0.3) is 5.69 Å². The van der Waals surface area contributed by atoms with Crippen LogP contribution in [0.15, 0.2) is 87.3 Å². The molecular weight excluding hydrogens is 532 g/mol. The number of non-ortho nitro benzene ring substituents is 1. The first-order chi connectivity index (χ1) is 16.9. The van der Waals surface area contributed by atoms with Gasteiger partial charge in [0.15, 0.2) is 16.8 Å². The third-order valence-electron chi connectivity index (χ3n) is 6.07. The normalized spacial score (nSPS) is 16.1. The van der Waals surface area contributed by atoms with Gasteiger partial charge in [-0.25, -0.2) is 14.7 Å². The Labute approximate surface area is 213 Å². The van der Waals surface area contributed by atoms with Crippen LogP contribution in [0.2, 0.25) is 0 Å². The number of nitro groups is 1. The van der Waals surface area contributed by atoms with Gasteiger partial charge < -0.3 is 4.90 Å². The van der Waals surface area contributed by atoms with Gasteiger partial charge in [-0.05, 0) is 48.9 Å². The van der Waals surface area contributed by atoms with Gasteiger partial charge in [0.05, 0.1) is 33.7 Å². The van der Waals surface area contributed by atoms with Crippen molar-refractivity contribution in [3.63, 3.8) is 0 Å². The average Bonchev–Trinajstić information content (AvgIpc) is 3.19. The number of nitrogens with zero attached hydrogens (tertiary/aromatic N) is 6. The van der Waals surface area contributed by atoms with Crippen molar-refractivity contribution in [2.75, 3.05) is 4.90 Å². The van der Waals surface area contributed by atoms with E-state index in [-0.39, 0.29) is 16.9 Å². The van der Waals surface area contributed by atoms with Gasteiger partial charge >= 0.3 is 0 Å². The van der Waals surface area contributed by atoms with E-state index < -0.39 is 4.92 Å². The summed E-state index contributed by atoms with van der Waals surface area (Å²) in [6.07, 6.45) is 0. The first kappa shape index (κ1) is 21.7. The lowest BCUT2D eigenvalue weighted by Gasteiger charge is -2.39. The number of hydrogen-bond donors (Lipinski definition) is 0. The Kier molecular flexibility index (Phi) is 5.05. The summed E-state index contributed by atoms with van der Waals surface area (Å²) in [4.78, 5) is 22.3. The lowest BCUT2D eigenvalue weighted by Crippen LogP contribution is -2.42. The molecule has 35 heavy (non-hydrogen) atoms. The molecule has 3 aromatic carbocycles. The van der Waals surface area contributed by atoms with Crippen molar-refractivity contribution < 1.29 is 4.92 Å². The molecule has 0 spiro atoms. The fourth-order valence-corrected chi connectivity index (χ4v) is 5.21. The molecule has 1 aromatic heterocycles. The molecule has 0 fully saturated rings. The summed E-state index contributed by atoms with van der Waals surface area (Å²) in [5.74, 6) is 1.13. The van der Waals surface area contributed by atoms with Gasteiger partial charge in [-0.3, -0.25) is 10.1 Å². The van der Waals surface area contributed by atoms with Crippen molar-refractivity contribution in [1.29, 1.82) is 0 Å². The van der Waals surface area contributed by atoms with Crippen molar-refractivity contribution in [2.24, 2.45) is 9.98 Å². The topological polar surface area (TPSA) is 88.9 Å². The Morgan fingerprint density at radius 2 is 1.80 bits per heavy atom. The van der Waals surface area contributed by atoms with Gasteiger partial charge in [-0.1, -0.05) is 51.8 Å². The number of rotatable bonds is 3. The van der Waals surface area contributed by atoms with E-state index >= 15 is 0 Å². The fourth-order valence-electron chi connectivity index (χ4n) is 4.57. The number of halogens is 2. The molecule has 0 radical (unpaired) electrons. The van der Waals surface area contributed by atoms with Crippen LogP contribution in [0, 0.1) is 17.0 Å². The highest BCUT2D eigenvalue weighted by atomic mass is 79.9. The van der Waals surface area contributed by atoms with E-state index in [0.29, 0.717) is 17.3 Å². The Morgan fingerprint density at radius 1 is 1.03 bits per heavy atom. The van der Waals surface area contributed by atoms with Crippen LogP contribution < -0.4 is 4.90 Å². The Balaban J connectivity index is 1.62. The summed E-state index contributed by atoms with van der Waals surface area (Å²) in [5.41, 5.74) is 5.08. The number of nitro benzene ring substituents is 1. The first-order valence-electron chi connectivity index (χ1n) is 10.7. The van der Waals surface area contributed by atoms with Crippen molar-refractivity contribution in [2.45, 2.75) is 13.0 Å². The zero-order valence-corrected chi connectivity index (χ0v) is 20.6. The van der Waals surface area contributed by atoms with E-state index in [1.807, 2.05) is 43.3 Å². The van der Waals surface area contributed by atoms with Crippen LogP contribution >= 0.6 is 27.5 Å². The van der Waals surface area contributed by atoms with Crippen LogP contribution in [-0.4, -0.2) is 25.7 Å². The van der Waals surface area contributed by atoms with Gasteiger partial charge in [0.1, 0.15) is 0 Å². The lowest BCUT2D eigenvalue weighted by molar-refractivity contribution is -0.384. The molecule has 1 atom stereocenters. The second-order valence-corrected chi connectivity index (χ2v) is 9.44. The van der Waals surface area contributed by atoms with Crippen LogP contribution in [0.5, 0.6) is 0 Å². The molecule has 172 valence electrons. The fraction of sp³-hybridized carbons (Fsp3) is 0.0800. The van der Waals surface area contributed by atoms with Crippen LogP contribution in [-0.2, 0) is 0 Å². The molecule has 0 bridgehead atoms. The second-order valence-electron chi connectivity index (χ2n) is 8.16. The molecule has 4 aromatic rings. The number of aliphatic imine (C=N–C) groups is 2. The zero-order valence-electron chi connectivity index (χ0n) is 18.3. The van der Waals surface area contributed by atoms with Gasteiger partial charge in [-0.2, -0.15) is 5.10 Å². The Bertz CT molecular complexity index is 1580. The van der Waals surface area contributed by atoms with Crippen molar-refractivity contribution in [1.82, 2.24) is 9.78 Å². The molecule has 2 aliphatic rings. The third kappa shape index (κ3) is 3.46. The van der Waals surface area contributed by atoms with E-state index in [4.69, 9.17) is 21.7 Å². The smallest absolute Gasteiger partial charge is 0.269 e. The minimum Gasteiger partial charge on any atom is -0.310 e. The highest BCUT2D eigenvalue weighted by molar-refractivity contribution is 9.10. The maximum atomic E-state index is 11.1. The zero-order chi connectivity index (χ0) is 24.3. The molecule has 0 aliphatic carbocycles. The summed E-state index contributed by atoms with van der Waals surface area (Å²) in [6.45, 7) is 1.94. The van der Waals surface area contributed by atoms with Crippen LogP contribution in [0.3, 0.4) is 0 Å². The number of aromatic nitrogens is 2. The standard InChI is InChI=1S/C25H16BrClN6O2/c1-14-21-22(15-5-4-6-16(26)13-15)31-20-8-3-2-7-19(20)28-23(27)25(31)29-24(21)32(30-14)17-9-11-18(12-10-17)33(34)35/h2-13,22H,1H3. The quantitative estimate of drug-likeness (QED) is 0.209. The van der Waals surface area contributed by atoms with Gasteiger partial charge in [-0.15, -0.1) is 0 Å². The number of benzene rings is 3. The summed E-state index contributed by atoms with van der Waals surface area (Å²) in [7, 11) is 0. The second kappa shape index (κ2) is 8.14. The van der Waals surface area contributed by atoms with Gasteiger partial charge in [0.2, 0.25) is 0 Å². The molecule has 0 N–H and O–H groups in total. The summed E-state index contributed by atoms with van der Waals surface area (Å²) in [5, 5.41) is 16.2. The van der Waals surface area contributed by atoms with E-state index in [2.05, 4.69) is 38.0 Å². The van der Waals surface area contributed by atoms with E-state index in [9.17, 15) is 10.1 Å². The minimum atomic E-state index is -0.426. The minimum absolute atomic E-state index is 0.00932. The Hall–Kier alpha value is -3.82. The highest BCUT2D eigenvalue weighted by Gasteiger charge is 2.41. The first-order valence-corrected chi connectivity index (χ1v) is 11.9. The number of aryl methyl sites for hydroxylation is 1. The van der Waals surface area contributed by atoms with Gasteiger partial charge in [0.25, 0.3) is 5.69 Å². The molecule has 6 rings (SSSR count). The van der Waals surface area contributed by atoms with Crippen molar-refractivity contribution in [3.8, 4) is 5.69 Å². The molecule has 1 unspecified atom stereocenters. The number of amidine groups is 1. The number of anilines is 1. The van der Waals surface area contributed by atoms with Crippen molar-refractivity contribution >= 4 is 61.4 Å². The predicted octanol–water partition coefficient (Wildman–Crippen LogP) is 6.77. The van der Waals surface area contributed by atoms with Crippen molar-refractivity contribution in [3.05, 3.63) is 104 Å². The molecule has 3 heterocycles. The van der Waals surface area contributed by atoms with Gasteiger partial charge in [0, 0.05) is 22.2 Å². The van der Waals surface area contributed by atoms with E-state index in [1.165, 1.54) is 12.1 Å². The molecule has 2 aliphatic heterocycles. The monoisotopic (exact) mass is 546 g/mol. The lowest BCUT2D eigenvalue weighted by atomic mass is 9.94. The van der Waals surface area contributed by atoms with E-state index in [0.717, 1.165) is 32.7 Å². The van der Waals surface area contributed by atoms with Crippen LogP contribution in [0.4, 0.5) is 22.9 Å². The average molecular weight is 548 g/mol. The molecule has 0 amide bonds.